The Morgan fingerprint density at radius 2 is 0.648 bits per heavy atom. The number of hydrogen-bond donors (Lipinski definition) is 0. The van der Waals surface area contributed by atoms with Gasteiger partial charge in [-0.25, -0.2) is 28.8 Å². The van der Waals surface area contributed by atoms with E-state index in [2.05, 4.69) is 20.8 Å². The first-order valence-electron chi connectivity index (χ1n) is 20.0. The molecule has 54 heavy (non-hydrogen) atoms. The second-order valence-corrected chi connectivity index (χ2v) is 13.8. The summed E-state index contributed by atoms with van der Waals surface area (Å²) in [6, 6.07) is 0. The maximum absolute atomic E-state index is 12.6. The second-order valence-electron chi connectivity index (χ2n) is 13.8. The molecule has 0 heterocycles. The lowest BCUT2D eigenvalue weighted by Crippen LogP contribution is -2.38. The summed E-state index contributed by atoms with van der Waals surface area (Å²) in [7, 11) is 0. The van der Waals surface area contributed by atoms with Gasteiger partial charge in [0.05, 0.1) is 25.2 Å². The average Bonchev–Trinajstić information content (AvgIpc) is 3.18. The maximum Gasteiger partial charge on any atom is 0.331 e. The van der Waals surface area contributed by atoms with Gasteiger partial charge < -0.3 is 28.4 Å². The Morgan fingerprint density at radius 3 is 0.852 bits per heavy atom. The molecule has 12 heteroatoms. The van der Waals surface area contributed by atoms with Gasteiger partial charge >= 0.3 is 35.8 Å². The topological polar surface area (TPSA) is 158 Å². The van der Waals surface area contributed by atoms with E-state index < -0.39 is 41.2 Å². The van der Waals surface area contributed by atoms with E-state index in [1.165, 1.54) is 0 Å². The van der Waals surface area contributed by atoms with Gasteiger partial charge in [-0.3, -0.25) is 0 Å². The Balaban J connectivity index is 5.53. The minimum atomic E-state index is -1.22. The van der Waals surface area contributed by atoms with Gasteiger partial charge in [-0.1, -0.05) is 106 Å². The highest BCUT2D eigenvalue weighted by Crippen LogP contribution is 2.25. The fourth-order valence-corrected chi connectivity index (χ4v) is 5.10. The molecule has 0 saturated carbocycles. The molecule has 0 aliphatic rings. The van der Waals surface area contributed by atoms with E-state index in [-0.39, 0.29) is 63.8 Å². The van der Waals surface area contributed by atoms with Crippen molar-refractivity contribution in [3.05, 3.63) is 36.5 Å². The highest BCUT2D eigenvalue weighted by atomic mass is 16.6. The van der Waals surface area contributed by atoms with Gasteiger partial charge in [-0.15, -0.1) is 0 Å². The van der Waals surface area contributed by atoms with E-state index in [1.807, 2.05) is 20.8 Å². The third-order valence-electron chi connectivity index (χ3n) is 9.39. The lowest BCUT2D eigenvalue weighted by Gasteiger charge is -2.30. The molecular weight excluding hydrogens is 696 g/mol. The predicted octanol–water partition coefficient (Wildman–Crippen LogP) is 7.96. The molecule has 0 spiro atoms. The molecule has 0 aliphatic heterocycles. The van der Waals surface area contributed by atoms with Crippen molar-refractivity contribution >= 4 is 35.8 Å². The smallest absolute Gasteiger partial charge is 0.331 e. The first-order chi connectivity index (χ1) is 25.9. The number of esters is 6. The third kappa shape index (κ3) is 25.1. The van der Waals surface area contributed by atoms with Crippen molar-refractivity contribution in [2.75, 3.05) is 39.6 Å². The fourth-order valence-electron chi connectivity index (χ4n) is 5.10. The zero-order chi connectivity index (χ0) is 40.6. The zero-order valence-corrected chi connectivity index (χ0v) is 34.0. The van der Waals surface area contributed by atoms with Crippen LogP contribution in [0.25, 0.3) is 0 Å². The van der Waals surface area contributed by atoms with Gasteiger partial charge in [0, 0.05) is 36.5 Å². The largest absolute Gasteiger partial charge is 0.462 e. The monoisotopic (exact) mass is 764 g/mol. The van der Waals surface area contributed by atoms with Crippen LogP contribution in [-0.4, -0.2) is 75.5 Å². The molecule has 3 atom stereocenters. The second kappa shape index (κ2) is 31.4. The van der Waals surface area contributed by atoms with Crippen LogP contribution in [0.2, 0.25) is 0 Å². The summed E-state index contributed by atoms with van der Waals surface area (Å²) in [5.74, 6) is -3.92. The van der Waals surface area contributed by atoms with E-state index in [1.54, 1.807) is 6.92 Å². The van der Waals surface area contributed by atoms with Gasteiger partial charge in [-0.05, 0) is 43.4 Å². The molecule has 0 aromatic heterocycles. The van der Waals surface area contributed by atoms with Gasteiger partial charge in [0.15, 0.2) is 0 Å². The van der Waals surface area contributed by atoms with Crippen molar-refractivity contribution in [3.63, 3.8) is 0 Å². The summed E-state index contributed by atoms with van der Waals surface area (Å²) in [5, 5.41) is 0. The molecule has 0 fully saturated rings. The summed E-state index contributed by atoms with van der Waals surface area (Å²) in [6.45, 7) is 13.8. The van der Waals surface area contributed by atoms with Crippen LogP contribution in [0.3, 0.4) is 0 Å². The van der Waals surface area contributed by atoms with Crippen LogP contribution in [0.15, 0.2) is 36.5 Å². The molecule has 0 saturated heterocycles. The maximum atomic E-state index is 12.6. The Morgan fingerprint density at radius 1 is 0.407 bits per heavy atom. The number of carbonyl (C=O) groups excluding carboxylic acids is 6. The van der Waals surface area contributed by atoms with E-state index in [4.69, 9.17) is 28.4 Å². The Hall–Kier alpha value is -3.96. The van der Waals surface area contributed by atoms with Gasteiger partial charge in [0.1, 0.15) is 19.8 Å². The quantitative estimate of drug-likeness (QED) is 0.0382. The van der Waals surface area contributed by atoms with Crippen molar-refractivity contribution < 1.29 is 57.2 Å². The van der Waals surface area contributed by atoms with Gasteiger partial charge in [-0.2, -0.15) is 0 Å². The van der Waals surface area contributed by atoms with E-state index in [9.17, 15) is 28.8 Å². The average molecular weight is 765 g/mol. The number of rotatable bonds is 31. The number of hydrogen-bond acceptors (Lipinski definition) is 12. The molecule has 0 aromatic carbocycles. The highest BCUT2D eigenvalue weighted by molar-refractivity contribution is 5.93. The lowest BCUT2D eigenvalue weighted by atomic mass is 9.88. The van der Waals surface area contributed by atoms with Crippen molar-refractivity contribution in [1.82, 2.24) is 0 Å². The summed E-state index contributed by atoms with van der Waals surface area (Å²) in [4.78, 5) is 74.5. The van der Waals surface area contributed by atoms with Crippen LogP contribution >= 0.6 is 0 Å². The molecule has 0 aliphatic carbocycles. The highest BCUT2D eigenvalue weighted by Gasteiger charge is 2.34. The van der Waals surface area contributed by atoms with Crippen molar-refractivity contribution in [1.29, 1.82) is 0 Å². The van der Waals surface area contributed by atoms with Crippen molar-refractivity contribution in [3.8, 4) is 0 Å². The summed E-state index contributed by atoms with van der Waals surface area (Å²) >= 11 is 0. The van der Waals surface area contributed by atoms with Crippen LogP contribution in [0.1, 0.15) is 132 Å². The van der Waals surface area contributed by atoms with Crippen LogP contribution < -0.4 is 0 Å². The Kier molecular flexibility index (Phi) is 29.1. The third-order valence-corrected chi connectivity index (χ3v) is 9.39. The fraction of sp³-hybridized carbons (Fsp3) is 0.714. The van der Waals surface area contributed by atoms with Crippen LogP contribution in [0.4, 0.5) is 0 Å². The van der Waals surface area contributed by atoms with E-state index >= 15 is 0 Å². The number of carbonyl (C=O) groups is 6. The Bertz CT molecular complexity index is 1050. The minimum absolute atomic E-state index is 0.215. The Labute approximate surface area is 323 Å². The number of unbranched alkanes of at least 4 members (excludes halogenated alkanes) is 3. The minimum Gasteiger partial charge on any atom is -0.462 e. The van der Waals surface area contributed by atoms with E-state index in [0.29, 0.717) is 0 Å². The summed E-state index contributed by atoms with van der Waals surface area (Å²) in [6.07, 6.45) is 17.6. The molecule has 0 radical (unpaired) electrons. The standard InChI is InChI=1S/C42H68O12/c1-8-15-18-33(11-4)27-49-36(43)21-24-39(46)52-30-42(14-7,31-53-40(47)25-22-37(44)50-28-34(12-5)19-16-9-2)32-54-41(48)26-23-38(45)51-29-35(13-6)20-17-10-3/h21-26,33-35H,8-20,27-32H2,1-7H3/b24-21-,25-22-,26-23?. The van der Waals surface area contributed by atoms with Crippen molar-refractivity contribution in [2.45, 2.75) is 132 Å². The molecule has 0 rings (SSSR count). The normalized spacial score (nSPS) is 14.3. The molecule has 308 valence electrons. The molecular formula is C42H68O12. The van der Waals surface area contributed by atoms with Gasteiger partial charge in [0.2, 0.25) is 0 Å². The summed E-state index contributed by atoms with van der Waals surface area (Å²) < 4.78 is 32.0. The predicted molar refractivity (Wildman–Crippen MR) is 206 cm³/mol. The molecule has 3 unspecified atom stereocenters. The van der Waals surface area contributed by atoms with Gasteiger partial charge in [0.25, 0.3) is 0 Å². The SMILES string of the molecule is CCCCC(CC)COC(=O)C=CC(=O)OCC(CC)(COC(=O)/C=C\C(=O)OCC(CC)CCCC)COC(=O)/C=C\C(=O)OCC(CC)CCCC. The molecule has 0 aromatic rings. The van der Waals surface area contributed by atoms with Crippen LogP contribution in [-0.2, 0) is 57.2 Å². The molecule has 0 bridgehead atoms. The number of ether oxygens (including phenoxy) is 6. The summed E-state index contributed by atoms with van der Waals surface area (Å²) in [5.41, 5.74) is -1.22. The lowest BCUT2D eigenvalue weighted by molar-refractivity contribution is -0.157. The van der Waals surface area contributed by atoms with E-state index in [0.717, 1.165) is 114 Å². The van der Waals surface area contributed by atoms with Crippen LogP contribution in [0, 0.1) is 23.2 Å². The molecule has 0 amide bonds. The molecule has 0 N–H and O–H groups in total. The molecule has 12 nitrogen and oxygen atoms in total. The first kappa shape index (κ1) is 50.0. The zero-order valence-electron chi connectivity index (χ0n) is 34.0. The first-order valence-corrected chi connectivity index (χ1v) is 20.0. The van der Waals surface area contributed by atoms with Crippen molar-refractivity contribution in [2.24, 2.45) is 23.2 Å². The van der Waals surface area contributed by atoms with Crippen LogP contribution in [0.5, 0.6) is 0 Å².